The Morgan fingerprint density at radius 1 is 1.14 bits per heavy atom. The Morgan fingerprint density at radius 2 is 2.00 bits per heavy atom. The number of ether oxygens (including phenoxy) is 1. The van der Waals surface area contributed by atoms with Crippen LogP contribution in [0.3, 0.4) is 0 Å². The van der Waals surface area contributed by atoms with Gasteiger partial charge in [-0.3, -0.25) is 4.57 Å². The SMILES string of the molecule is COc1ccc2cn(-c3ccc4c(ccn4C)n3)c(O)c2c1. The summed E-state index contributed by atoms with van der Waals surface area (Å²) in [5.74, 6) is 1.56. The van der Waals surface area contributed by atoms with E-state index in [-0.39, 0.29) is 5.88 Å². The van der Waals surface area contributed by atoms with E-state index in [2.05, 4.69) is 4.98 Å². The molecule has 0 fully saturated rings. The first kappa shape index (κ1) is 12.8. The molecular weight excluding hydrogens is 278 g/mol. The summed E-state index contributed by atoms with van der Waals surface area (Å²) in [5, 5.41) is 12.2. The maximum Gasteiger partial charge on any atom is 0.205 e. The van der Waals surface area contributed by atoms with Gasteiger partial charge in [-0.05, 0) is 36.4 Å². The van der Waals surface area contributed by atoms with Crippen molar-refractivity contribution in [1.82, 2.24) is 14.1 Å². The quantitative estimate of drug-likeness (QED) is 0.617. The number of aryl methyl sites for hydroxylation is 1. The van der Waals surface area contributed by atoms with Crippen LogP contribution in [0.1, 0.15) is 0 Å². The summed E-state index contributed by atoms with van der Waals surface area (Å²) in [4.78, 5) is 4.62. The van der Waals surface area contributed by atoms with Crippen molar-refractivity contribution in [2.45, 2.75) is 0 Å². The highest BCUT2D eigenvalue weighted by Gasteiger charge is 2.12. The van der Waals surface area contributed by atoms with E-state index in [4.69, 9.17) is 4.74 Å². The fraction of sp³-hybridized carbons (Fsp3) is 0.118. The molecule has 3 heterocycles. The normalized spacial score (nSPS) is 11.4. The second kappa shape index (κ2) is 4.53. The van der Waals surface area contributed by atoms with Gasteiger partial charge in [-0.15, -0.1) is 0 Å². The van der Waals surface area contributed by atoms with Crippen molar-refractivity contribution < 1.29 is 9.84 Å². The highest BCUT2D eigenvalue weighted by molar-refractivity contribution is 5.90. The highest BCUT2D eigenvalue weighted by Crippen LogP contribution is 2.32. The molecule has 1 N–H and O–H groups in total. The van der Waals surface area contributed by atoms with Crippen LogP contribution < -0.4 is 4.74 Å². The lowest BCUT2D eigenvalue weighted by Gasteiger charge is -2.04. The second-order valence-corrected chi connectivity index (χ2v) is 5.28. The van der Waals surface area contributed by atoms with Gasteiger partial charge in [0.1, 0.15) is 11.6 Å². The maximum atomic E-state index is 10.5. The van der Waals surface area contributed by atoms with E-state index in [1.165, 1.54) is 0 Å². The van der Waals surface area contributed by atoms with E-state index in [9.17, 15) is 5.11 Å². The summed E-state index contributed by atoms with van der Waals surface area (Å²) in [5.41, 5.74) is 1.95. The smallest absolute Gasteiger partial charge is 0.205 e. The Kier molecular flexibility index (Phi) is 2.63. The zero-order valence-electron chi connectivity index (χ0n) is 12.3. The Hall–Kier alpha value is -2.95. The largest absolute Gasteiger partial charge is 0.497 e. The van der Waals surface area contributed by atoms with Crippen molar-refractivity contribution in [1.29, 1.82) is 0 Å². The number of rotatable bonds is 2. The number of pyridine rings is 1. The fourth-order valence-corrected chi connectivity index (χ4v) is 2.75. The maximum absolute atomic E-state index is 10.5. The van der Waals surface area contributed by atoms with Crippen molar-refractivity contribution in [3.63, 3.8) is 0 Å². The number of hydrogen-bond acceptors (Lipinski definition) is 3. The van der Waals surface area contributed by atoms with E-state index in [0.29, 0.717) is 11.6 Å². The molecule has 0 saturated heterocycles. The Bertz CT molecular complexity index is 998. The van der Waals surface area contributed by atoms with Crippen LogP contribution in [0.5, 0.6) is 11.6 Å². The van der Waals surface area contributed by atoms with Crippen LogP contribution in [-0.4, -0.2) is 26.3 Å². The van der Waals surface area contributed by atoms with Gasteiger partial charge < -0.3 is 14.4 Å². The summed E-state index contributed by atoms with van der Waals surface area (Å²) in [6.07, 6.45) is 3.85. The number of hydrogen-bond donors (Lipinski definition) is 1. The van der Waals surface area contributed by atoms with Gasteiger partial charge >= 0.3 is 0 Å². The molecule has 0 atom stereocenters. The fourth-order valence-electron chi connectivity index (χ4n) is 2.75. The summed E-state index contributed by atoms with van der Waals surface area (Å²) in [6.45, 7) is 0. The molecule has 0 saturated carbocycles. The Morgan fingerprint density at radius 3 is 2.82 bits per heavy atom. The van der Waals surface area contributed by atoms with Gasteiger partial charge in [0, 0.05) is 30.2 Å². The van der Waals surface area contributed by atoms with Crippen LogP contribution in [0.15, 0.2) is 48.8 Å². The first-order valence-electron chi connectivity index (χ1n) is 6.98. The molecular formula is C17H15N3O2. The minimum absolute atomic E-state index is 0.164. The van der Waals surface area contributed by atoms with Crippen molar-refractivity contribution in [2.24, 2.45) is 7.05 Å². The molecule has 0 spiro atoms. The van der Waals surface area contributed by atoms with E-state index in [1.807, 2.05) is 60.4 Å². The topological polar surface area (TPSA) is 52.2 Å². The number of nitrogens with zero attached hydrogens (tertiary/aromatic N) is 3. The van der Waals surface area contributed by atoms with E-state index < -0.39 is 0 Å². The summed E-state index contributed by atoms with van der Waals surface area (Å²) >= 11 is 0. The minimum Gasteiger partial charge on any atom is -0.497 e. The molecule has 0 aliphatic rings. The third-order valence-electron chi connectivity index (χ3n) is 3.97. The van der Waals surface area contributed by atoms with Gasteiger partial charge in [0.15, 0.2) is 0 Å². The molecule has 22 heavy (non-hydrogen) atoms. The molecule has 110 valence electrons. The van der Waals surface area contributed by atoms with Gasteiger partial charge in [0.05, 0.1) is 18.1 Å². The predicted octanol–water partition coefficient (Wildman–Crippen LogP) is 3.23. The van der Waals surface area contributed by atoms with Crippen LogP contribution in [0, 0.1) is 0 Å². The number of benzene rings is 1. The molecule has 0 aliphatic heterocycles. The summed E-state index contributed by atoms with van der Waals surface area (Å²) < 4.78 is 8.92. The summed E-state index contributed by atoms with van der Waals surface area (Å²) in [7, 11) is 3.59. The molecule has 4 rings (SSSR count). The Labute approximate surface area is 127 Å². The molecule has 0 unspecified atom stereocenters. The highest BCUT2D eigenvalue weighted by atomic mass is 16.5. The van der Waals surface area contributed by atoms with E-state index in [1.54, 1.807) is 11.7 Å². The van der Waals surface area contributed by atoms with Crippen molar-refractivity contribution in [3.05, 3.63) is 48.8 Å². The lowest BCUT2D eigenvalue weighted by atomic mass is 10.2. The van der Waals surface area contributed by atoms with Crippen LogP contribution in [-0.2, 0) is 7.05 Å². The molecule has 0 bridgehead atoms. The number of fused-ring (bicyclic) bond motifs is 2. The number of aromatic hydroxyl groups is 1. The van der Waals surface area contributed by atoms with Crippen molar-refractivity contribution in [2.75, 3.05) is 7.11 Å². The van der Waals surface area contributed by atoms with Gasteiger partial charge in [-0.2, -0.15) is 0 Å². The lowest BCUT2D eigenvalue weighted by Crippen LogP contribution is -1.95. The molecule has 5 heteroatoms. The monoisotopic (exact) mass is 293 g/mol. The van der Waals surface area contributed by atoms with Gasteiger partial charge in [0.25, 0.3) is 0 Å². The van der Waals surface area contributed by atoms with Gasteiger partial charge in [-0.1, -0.05) is 0 Å². The average Bonchev–Trinajstić information content (AvgIpc) is 3.08. The predicted molar refractivity (Wildman–Crippen MR) is 85.8 cm³/mol. The van der Waals surface area contributed by atoms with Crippen molar-refractivity contribution in [3.8, 4) is 17.4 Å². The number of aromatic nitrogens is 3. The lowest BCUT2D eigenvalue weighted by molar-refractivity contribution is 0.414. The number of methoxy groups -OCH3 is 1. The molecule has 3 aromatic heterocycles. The van der Waals surface area contributed by atoms with Gasteiger partial charge in [-0.25, -0.2) is 4.98 Å². The minimum atomic E-state index is 0.164. The molecule has 5 nitrogen and oxygen atoms in total. The van der Waals surface area contributed by atoms with Crippen LogP contribution in [0.25, 0.3) is 27.6 Å². The zero-order chi connectivity index (χ0) is 15.3. The Balaban J connectivity index is 1.93. The van der Waals surface area contributed by atoms with E-state index in [0.717, 1.165) is 21.8 Å². The first-order chi connectivity index (χ1) is 10.7. The molecule has 1 aromatic carbocycles. The molecule has 0 aliphatic carbocycles. The molecule has 4 aromatic rings. The zero-order valence-corrected chi connectivity index (χ0v) is 12.3. The molecule has 0 amide bonds. The first-order valence-corrected chi connectivity index (χ1v) is 6.98. The average molecular weight is 293 g/mol. The van der Waals surface area contributed by atoms with E-state index >= 15 is 0 Å². The van der Waals surface area contributed by atoms with Crippen molar-refractivity contribution >= 4 is 21.8 Å². The summed E-state index contributed by atoms with van der Waals surface area (Å²) in [6, 6.07) is 11.5. The third kappa shape index (κ3) is 1.75. The standard InChI is InChI=1S/C17H15N3O2/c1-19-8-7-14-15(19)5-6-16(18-14)20-10-11-3-4-12(22-2)9-13(11)17(20)21/h3-10,21H,1-2H3. The molecule has 0 radical (unpaired) electrons. The van der Waals surface area contributed by atoms with Crippen LogP contribution in [0.4, 0.5) is 0 Å². The van der Waals surface area contributed by atoms with Crippen LogP contribution >= 0.6 is 0 Å². The van der Waals surface area contributed by atoms with Crippen LogP contribution in [0.2, 0.25) is 0 Å². The van der Waals surface area contributed by atoms with Gasteiger partial charge in [0.2, 0.25) is 5.88 Å². The third-order valence-corrected chi connectivity index (χ3v) is 3.97. The second-order valence-electron chi connectivity index (χ2n) is 5.28.